The van der Waals surface area contributed by atoms with Crippen molar-refractivity contribution in [3.63, 3.8) is 0 Å². The van der Waals surface area contributed by atoms with Crippen LogP contribution in [0.1, 0.15) is 37.7 Å². The molecule has 124 valence electrons. The second-order valence-electron chi connectivity index (χ2n) is 7.96. The number of carbonyl (C=O) groups excluding carboxylic acids is 1. The Morgan fingerprint density at radius 3 is 2.57 bits per heavy atom. The van der Waals surface area contributed by atoms with Crippen molar-refractivity contribution < 1.29 is 9.53 Å². The molecule has 3 N–H and O–H groups in total. The highest BCUT2D eigenvalue weighted by atomic mass is 16.5. The van der Waals surface area contributed by atoms with Crippen molar-refractivity contribution in [1.29, 1.82) is 0 Å². The van der Waals surface area contributed by atoms with E-state index in [9.17, 15) is 4.79 Å². The zero-order chi connectivity index (χ0) is 15.9. The maximum absolute atomic E-state index is 12.0. The highest BCUT2D eigenvalue weighted by Crippen LogP contribution is 2.59. The quantitative estimate of drug-likeness (QED) is 0.897. The van der Waals surface area contributed by atoms with Gasteiger partial charge in [-0.1, -0.05) is 30.3 Å². The Balaban J connectivity index is 1.30. The largest absolute Gasteiger partial charge is 0.445 e. The molecule has 0 saturated heterocycles. The molecule has 1 aromatic carbocycles. The van der Waals surface area contributed by atoms with E-state index in [1.54, 1.807) is 0 Å². The van der Waals surface area contributed by atoms with Gasteiger partial charge in [0.25, 0.3) is 0 Å². The zero-order valence-corrected chi connectivity index (χ0v) is 13.5. The molecule has 4 heteroatoms. The van der Waals surface area contributed by atoms with Crippen molar-refractivity contribution >= 4 is 6.09 Å². The summed E-state index contributed by atoms with van der Waals surface area (Å²) in [5.74, 6) is 2.17. The van der Waals surface area contributed by atoms with Gasteiger partial charge in [0, 0.05) is 12.6 Å². The lowest BCUT2D eigenvalue weighted by atomic mass is 9.48. The summed E-state index contributed by atoms with van der Waals surface area (Å²) in [6, 6.07) is 10.2. The summed E-state index contributed by atoms with van der Waals surface area (Å²) >= 11 is 0. The Labute approximate surface area is 137 Å². The predicted octanol–water partition coefficient (Wildman–Crippen LogP) is 3.07. The van der Waals surface area contributed by atoms with Gasteiger partial charge in [-0.15, -0.1) is 0 Å². The summed E-state index contributed by atoms with van der Waals surface area (Å²) in [5.41, 5.74) is 7.67. The Kier molecular flexibility index (Phi) is 3.80. The van der Waals surface area contributed by atoms with Crippen LogP contribution >= 0.6 is 0 Å². The third kappa shape index (κ3) is 2.97. The Morgan fingerprint density at radius 2 is 1.87 bits per heavy atom. The molecule has 4 fully saturated rings. The van der Waals surface area contributed by atoms with Crippen LogP contribution in [0.25, 0.3) is 0 Å². The van der Waals surface area contributed by atoms with E-state index in [0.717, 1.165) is 18.0 Å². The smallest absolute Gasteiger partial charge is 0.407 e. The molecule has 5 rings (SSSR count). The Morgan fingerprint density at radius 1 is 1.17 bits per heavy atom. The summed E-state index contributed by atoms with van der Waals surface area (Å²) in [6.45, 7) is 1.08. The van der Waals surface area contributed by atoms with Crippen LogP contribution in [0.15, 0.2) is 30.3 Å². The number of hydrogen-bond donors (Lipinski definition) is 2. The standard InChI is InChI=1S/C19H26N2O2/c20-17-15-6-14-7-16(17)10-19(8-14,9-15)12-21-18(22)23-11-13-4-2-1-3-5-13/h1-5,14-17H,6-12,20H2,(H,21,22). The van der Waals surface area contributed by atoms with E-state index in [1.165, 1.54) is 32.1 Å². The minimum absolute atomic E-state index is 0.276. The molecule has 1 amide bonds. The number of hydrogen-bond acceptors (Lipinski definition) is 3. The van der Waals surface area contributed by atoms with Crippen LogP contribution < -0.4 is 11.1 Å². The van der Waals surface area contributed by atoms with Crippen molar-refractivity contribution in [3.05, 3.63) is 35.9 Å². The van der Waals surface area contributed by atoms with E-state index in [4.69, 9.17) is 10.5 Å². The summed E-state index contributed by atoms with van der Waals surface area (Å²) in [7, 11) is 0. The summed E-state index contributed by atoms with van der Waals surface area (Å²) < 4.78 is 5.34. The van der Waals surface area contributed by atoms with Crippen molar-refractivity contribution in [1.82, 2.24) is 5.32 Å². The maximum atomic E-state index is 12.0. The van der Waals surface area contributed by atoms with Gasteiger partial charge in [-0.25, -0.2) is 4.79 Å². The molecule has 0 radical (unpaired) electrons. The lowest BCUT2D eigenvalue weighted by Crippen LogP contribution is -2.59. The highest BCUT2D eigenvalue weighted by molar-refractivity contribution is 5.67. The summed E-state index contributed by atoms with van der Waals surface area (Å²) in [6.07, 6.45) is 5.93. The number of alkyl carbamates (subject to hydrolysis) is 1. The Bertz CT molecular complexity index is 558. The van der Waals surface area contributed by atoms with Crippen LogP contribution in [-0.2, 0) is 11.3 Å². The van der Waals surface area contributed by atoms with Crippen molar-refractivity contribution in [3.8, 4) is 0 Å². The second kappa shape index (κ2) is 5.82. The minimum Gasteiger partial charge on any atom is -0.445 e. The van der Waals surface area contributed by atoms with Gasteiger partial charge in [0.15, 0.2) is 0 Å². The summed E-state index contributed by atoms with van der Waals surface area (Å²) in [4.78, 5) is 12.0. The van der Waals surface area contributed by atoms with Crippen LogP contribution in [0, 0.1) is 23.2 Å². The molecule has 4 bridgehead atoms. The molecule has 4 nitrogen and oxygen atoms in total. The van der Waals surface area contributed by atoms with Crippen LogP contribution in [-0.4, -0.2) is 18.7 Å². The van der Waals surface area contributed by atoms with Crippen LogP contribution in [0.5, 0.6) is 0 Å². The van der Waals surface area contributed by atoms with Gasteiger partial charge in [-0.2, -0.15) is 0 Å². The predicted molar refractivity (Wildman–Crippen MR) is 88.6 cm³/mol. The molecule has 4 aliphatic rings. The fourth-order valence-corrected chi connectivity index (χ4v) is 5.48. The van der Waals surface area contributed by atoms with Crippen molar-refractivity contribution in [2.24, 2.45) is 28.9 Å². The first-order chi connectivity index (χ1) is 11.1. The summed E-state index contributed by atoms with van der Waals surface area (Å²) in [5, 5.41) is 3.02. The highest BCUT2D eigenvalue weighted by Gasteiger charge is 2.54. The maximum Gasteiger partial charge on any atom is 0.407 e. The normalized spacial score (nSPS) is 37.6. The van der Waals surface area contributed by atoms with E-state index in [1.807, 2.05) is 30.3 Å². The number of amides is 1. The number of ether oxygens (including phenoxy) is 1. The van der Waals surface area contributed by atoms with Gasteiger partial charge in [0.05, 0.1) is 0 Å². The molecule has 23 heavy (non-hydrogen) atoms. The lowest BCUT2D eigenvalue weighted by Gasteiger charge is -2.59. The first-order valence-electron chi connectivity index (χ1n) is 8.84. The molecule has 0 spiro atoms. The van der Waals surface area contributed by atoms with Crippen LogP contribution in [0.4, 0.5) is 4.79 Å². The first kappa shape index (κ1) is 15.0. The average molecular weight is 314 g/mol. The molecular formula is C19H26N2O2. The monoisotopic (exact) mass is 314 g/mol. The lowest BCUT2D eigenvalue weighted by molar-refractivity contribution is -0.0649. The van der Waals surface area contributed by atoms with E-state index in [-0.39, 0.29) is 11.5 Å². The van der Waals surface area contributed by atoms with E-state index < -0.39 is 0 Å². The fourth-order valence-electron chi connectivity index (χ4n) is 5.48. The first-order valence-corrected chi connectivity index (χ1v) is 8.84. The third-order valence-electron chi connectivity index (χ3n) is 6.29. The molecule has 4 aliphatic carbocycles. The number of benzene rings is 1. The van der Waals surface area contributed by atoms with E-state index >= 15 is 0 Å². The van der Waals surface area contributed by atoms with Gasteiger partial charge in [0.2, 0.25) is 0 Å². The fraction of sp³-hybridized carbons (Fsp3) is 0.632. The van der Waals surface area contributed by atoms with E-state index in [2.05, 4.69) is 5.32 Å². The van der Waals surface area contributed by atoms with E-state index in [0.29, 0.717) is 24.5 Å². The molecule has 0 heterocycles. The molecule has 0 aromatic heterocycles. The minimum atomic E-state index is -0.297. The molecule has 0 aliphatic heterocycles. The molecule has 4 saturated carbocycles. The van der Waals surface area contributed by atoms with Crippen LogP contribution in [0.3, 0.4) is 0 Å². The number of carbonyl (C=O) groups is 1. The van der Waals surface area contributed by atoms with Crippen molar-refractivity contribution in [2.75, 3.05) is 6.54 Å². The Hall–Kier alpha value is -1.55. The van der Waals surface area contributed by atoms with Gasteiger partial charge in [-0.05, 0) is 60.8 Å². The second-order valence-corrected chi connectivity index (χ2v) is 7.96. The topological polar surface area (TPSA) is 64.3 Å². The molecule has 2 unspecified atom stereocenters. The zero-order valence-electron chi connectivity index (χ0n) is 13.5. The number of rotatable bonds is 4. The van der Waals surface area contributed by atoms with Gasteiger partial charge in [-0.3, -0.25) is 0 Å². The average Bonchev–Trinajstić information content (AvgIpc) is 2.56. The van der Waals surface area contributed by atoms with Gasteiger partial charge >= 0.3 is 6.09 Å². The molecular weight excluding hydrogens is 288 g/mol. The van der Waals surface area contributed by atoms with Gasteiger partial charge < -0.3 is 15.8 Å². The van der Waals surface area contributed by atoms with Crippen LogP contribution in [0.2, 0.25) is 0 Å². The van der Waals surface area contributed by atoms with Gasteiger partial charge in [0.1, 0.15) is 6.61 Å². The SMILES string of the molecule is NC1C2CC3CC1CC(CNC(=O)OCc1ccccc1)(C3)C2. The third-order valence-corrected chi connectivity index (χ3v) is 6.29. The number of nitrogens with one attached hydrogen (secondary N) is 1. The number of nitrogens with two attached hydrogens (primary N) is 1. The molecule has 1 aromatic rings. The molecule has 2 atom stereocenters. The van der Waals surface area contributed by atoms with Crippen molar-refractivity contribution in [2.45, 2.75) is 44.8 Å².